The van der Waals surface area contributed by atoms with Crippen LogP contribution in [0.5, 0.6) is 0 Å². The summed E-state index contributed by atoms with van der Waals surface area (Å²) in [4.78, 5) is 2.10. The molecule has 0 spiro atoms. The second-order valence-electron chi connectivity index (χ2n) is 3.44. The van der Waals surface area contributed by atoms with Gasteiger partial charge in [0.05, 0.1) is 18.1 Å². The third-order valence-electron chi connectivity index (χ3n) is 2.58. The fourth-order valence-electron chi connectivity index (χ4n) is 1.81. The number of hydrogen-bond donors (Lipinski definition) is 1. The van der Waals surface area contributed by atoms with Crippen molar-refractivity contribution in [3.8, 4) is 0 Å². The summed E-state index contributed by atoms with van der Waals surface area (Å²) in [6.45, 7) is 3.07. The molecule has 0 radical (unpaired) electrons. The Hall–Kier alpha value is -1.25. The highest BCUT2D eigenvalue weighted by molar-refractivity contribution is 5.81. The zero-order chi connectivity index (χ0) is 9.26. The third-order valence-corrected chi connectivity index (χ3v) is 2.58. The number of amidine groups is 1. The standard InChI is InChI=1S/C10H14N2O/c1-8(9-4-3-7-13-9)12-6-2-5-10(12)11/h3-4,7-8,11H,2,5-6H2,1H3. The van der Waals surface area contributed by atoms with Gasteiger partial charge < -0.3 is 9.32 Å². The van der Waals surface area contributed by atoms with Gasteiger partial charge in [0.1, 0.15) is 5.76 Å². The topological polar surface area (TPSA) is 40.2 Å². The predicted molar refractivity (Wildman–Crippen MR) is 50.8 cm³/mol. The molecule has 13 heavy (non-hydrogen) atoms. The maximum absolute atomic E-state index is 7.72. The van der Waals surface area contributed by atoms with Crippen molar-refractivity contribution in [2.24, 2.45) is 0 Å². The van der Waals surface area contributed by atoms with Gasteiger partial charge >= 0.3 is 0 Å². The van der Waals surface area contributed by atoms with E-state index in [0.717, 1.165) is 31.0 Å². The monoisotopic (exact) mass is 178 g/mol. The number of likely N-dealkylation sites (tertiary alicyclic amines) is 1. The van der Waals surface area contributed by atoms with Crippen LogP contribution in [0.4, 0.5) is 0 Å². The summed E-state index contributed by atoms with van der Waals surface area (Å²) >= 11 is 0. The van der Waals surface area contributed by atoms with Crippen molar-refractivity contribution in [3.05, 3.63) is 24.2 Å². The highest BCUT2D eigenvalue weighted by Gasteiger charge is 2.24. The van der Waals surface area contributed by atoms with Crippen LogP contribution in [0.3, 0.4) is 0 Å². The molecule has 1 aromatic heterocycles. The van der Waals surface area contributed by atoms with E-state index in [1.807, 2.05) is 12.1 Å². The average molecular weight is 178 g/mol. The molecule has 0 aliphatic carbocycles. The molecule has 0 aromatic carbocycles. The molecule has 1 fully saturated rings. The maximum atomic E-state index is 7.72. The van der Waals surface area contributed by atoms with Gasteiger partial charge in [-0.05, 0) is 25.5 Å². The van der Waals surface area contributed by atoms with E-state index in [4.69, 9.17) is 9.83 Å². The van der Waals surface area contributed by atoms with Gasteiger partial charge in [0.2, 0.25) is 0 Å². The highest BCUT2D eigenvalue weighted by atomic mass is 16.3. The second-order valence-corrected chi connectivity index (χ2v) is 3.44. The minimum atomic E-state index is 0.213. The first-order valence-electron chi connectivity index (χ1n) is 4.66. The van der Waals surface area contributed by atoms with Gasteiger partial charge in [-0.3, -0.25) is 5.41 Å². The van der Waals surface area contributed by atoms with Crippen molar-refractivity contribution in [2.75, 3.05) is 6.54 Å². The molecule has 3 nitrogen and oxygen atoms in total. The molecule has 1 N–H and O–H groups in total. The molecule has 0 bridgehead atoms. The molecule has 0 amide bonds. The largest absolute Gasteiger partial charge is 0.467 e. The second kappa shape index (κ2) is 3.24. The highest BCUT2D eigenvalue weighted by Crippen LogP contribution is 2.25. The van der Waals surface area contributed by atoms with E-state index in [-0.39, 0.29) is 6.04 Å². The Morgan fingerprint density at radius 3 is 3.00 bits per heavy atom. The van der Waals surface area contributed by atoms with Crippen LogP contribution in [0.2, 0.25) is 0 Å². The lowest BCUT2D eigenvalue weighted by molar-refractivity contribution is 0.309. The van der Waals surface area contributed by atoms with Crippen LogP contribution in [0.15, 0.2) is 22.8 Å². The third kappa shape index (κ3) is 1.46. The van der Waals surface area contributed by atoms with E-state index in [1.54, 1.807) is 6.26 Å². The number of rotatable bonds is 2. The fraction of sp³-hybridized carbons (Fsp3) is 0.500. The van der Waals surface area contributed by atoms with Gasteiger partial charge in [0, 0.05) is 13.0 Å². The quantitative estimate of drug-likeness (QED) is 0.755. The van der Waals surface area contributed by atoms with Crippen LogP contribution in [0.1, 0.15) is 31.6 Å². The lowest BCUT2D eigenvalue weighted by Crippen LogP contribution is -2.27. The molecule has 0 saturated carbocycles. The van der Waals surface area contributed by atoms with Gasteiger partial charge in [-0.1, -0.05) is 0 Å². The molecule has 70 valence electrons. The first-order valence-corrected chi connectivity index (χ1v) is 4.66. The van der Waals surface area contributed by atoms with Gasteiger partial charge in [0.15, 0.2) is 0 Å². The lowest BCUT2D eigenvalue weighted by Gasteiger charge is -2.24. The number of furan rings is 1. The van der Waals surface area contributed by atoms with Gasteiger partial charge in [-0.25, -0.2) is 0 Å². The fourth-order valence-corrected chi connectivity index (χ4v) is 1.81. The number of nitrogens with one attached hydrogen (secondary N) is 1. The SMILES string of the molecule is CC(c1ccco1)N1CCCC1=N. The van der Waals surface area contributed by atoms with E-state index in [0.29, 0.717) is 0 Å². The van der Waals surface area contributed by atoms with Crippen LogP contribution in [-0.2, 0) is 0 Å². The van der Waals surface area contributed by atoms with E-state index in [2.05, 4.69) is 11.8 Å². The molecule has 1 aliphatic heterocycles. The molecule has 1 atom stereocenters. The molecule has 2 heterocycles. The molecular formula is C10H14N2O. The molecule has 1 unspecified atom stereocenters. The van der Waals surface area contributed by atoms with Crippen LogP contribution in [0.25, 0.3) is 0 Å². The Morgan fingerprint density at radius 2 is 2.46 bits per heavy atom. The predicted octanol–water partition coefficient (Wildman–Crippen LogP) is 2.41. The summed E-state index contributed by atoms with van der Waals surface area (Å²) in [6, 6.07) is 4.08. The summed E-state index contributed by atoms with van der Waals surface area (Å²) in [7, 11) is 0. The minimum Gasteiger partial charge on any atom is -0.467 e. The molecule has 2 rings (SSSR count). The maximum Gasteiger partial charge on any atom is 0.125 e. The van der Waals surface area contributed by atoms with E-state index in [1.165, 1.54) is 0 Å². The molecule has 1 aromatic rings. The van der Waals surface area contributed by atoms with Crippen molar-refractivity contribution < 1.29 is 4.42 Å². The summed E-state index contributed by atoms with van der Waals surface area (Å²) in [5.41, 5.74) is 0. The van der Waals surface area contributed by atoms with Gasteiger partial charge in [0.25, 0.3) is 0 Å². The summed E-state index contributed by atoms with van der Waals surface area (Å²) < 4.78 is 5.32. The Labute approximate surface area is 77.9 Å². The zero-order valence-electron chi connectivity index (χ0n) is 7.79. The Balaban J connectivity index is 2.13. The van der Waals surface area contributed by atoms with E-state index >= 15 is 0 Å². The van der Waals surface area contributed by atoms with E-state index in [9.17, 15) is 0 Å². The zero-order valence-corrected chi connectivity index (χ0v) is 7.79. The van der Waals surface area contributed by atoms with Crippen molar-refractivity contribution in [3.63, 3.8) is 0 Å². The minimum absolute atomic E-state index is 0.213. The number of hydrogen-bond acceptors (Lipinski definition) is 2. The van der Waals surface area contributed by atoms with Crippen molar-refractivity contribution in [1.82, 2.24) is 4.90 Å². The van der Waals surface area contributed by atoms with Crippen molar-refractivity contribution in [1.29, 1.82) is 5.41 Å². The first-order chi connectivity index (χ1) is 6.29. The molecular weight excluding hydrogens is 164 g/mol. The van der Waals surface area contributed by atoms with Gasteiger partial charge in [-0.15, -0.1) is 0 Å². The molecule has 1 saturated heterocycles. The van der Waals surface area contributed by atoms with Crippen molar-refractivity contribution >= 4 is 5.84 Å². The smallest absolute Gasteiger partial charge is 0.125 e. The van der Waals surface area contributed by atoms with Crippen LogP contribution in [-0.4, -0.2) is 17.3 Å². The number of nitrogens with zero attached hydrogens (tertiary/aromatic N) is 1. The lowest BCUT2D eigenvalue weighted by atomic mass is 10.2. The van der Waals surface area contributed by atoms with E-state index < -0.39 is 0 Å². The Kier molecular flexibility index (Phi) is 2.08. The Bertz CT molecular complexity index is 292. The normalized spacial score (nSPS) is 19.5. The van der Waals surface area contributed by atoms with Crippen LogP contribution in [0, 0.1) is 5.41 Å². The molecule has 3 heteroatoms. The summed E-state index contributed by atoms with van der Waals surface area (Å²) in [6.07, 6.45) is 3.69. The summed E-state index contributed by atoms with van der Waals surface area (Å²) in [5.74, 6) is 1.69. The van der Waals surface area contributed by atoms with Crippen LogP contribution >= 0.6 is 0 Å². The van der Waals surface area contributed by atoms with Crippen LogP contribution < -0.4 is 0 Å². The van der Waals surface area contributed by atoms with Gasteiger partial charge in [-0.2, -0.15) is 0 Å². The van der Waals surface area contributed by atoms with Crippen molar-refractivity contribution in [2.45, 2.75) is 25.8 Å². The summed E-state index contributed by atoms with van der Waals surface area (Å²) in [5, 5.41) is 7.72. The average Bonchev–Trinajstić information content (AvgIpc) is 2.72. The Morgan fingerprint density at radius 1 is 1.62 bits per heavy atom. The molecule has 1 aliphatic rings. The first kappa shape index (κ1) is 8.35.